The van der Waals surface area contributed by atoms with Crippen molar-refractivity contribution in [1.82, 2.24) is 0 Å². The smallest absolute Gasteiger partial charge is 0.264 e. The number of nitrogens with one attached hydrogen (secondary N) is 1. The average Bonchev–Trinajstić information content (AvgIpc) is 2.97. The summed E-state index contributed by atoms with van der Waals surface area (Å²) in [6.45, 7) is 2.20. The minimum atomic E-state index is -3.98. The van der Waals surface area contributed by atoms with Gasteiger partial charge in [0.25, 0.3) is 10.0 Å². The first-order valence-corrected chi connectivity index (χ1v) is 14.9. The average molecular weight is 591 g/mol. The molecule has 4 aromatic carbocycles. The van der Waals surface area contributed by atoms with E-state index in [1.54, 1.807) is 36.4 Å². The molecule has 0 aliphatic rings. The number of rotatable bonds is 12. The molecule has 0 saturated heterocycles. The number of hydrogen-bond acceptors (Lipinski definition) is 5. The number of nitrogens with zero attached hydrogens (tertiary/aromatic N) is 1. The zero-order valence-corrected chi connectivity index (χ0v) is 24.4. The van der Waals surface area contributed by atoms with Gasteiger partial charge in [0.2, 0.25) is 5.91 Å². The first-order chi connectivity index (χ1) is 19.7. The Bertz CT molecular complexity index is 1620. The number of benzene rings is 4. The van der Waals surface area contributed by atoms with Gasteiger partial charge in [-0.3, -0.25) is 13.9 Å². The van der Waals surface area contributed by atoms with Crippen molar-refractivity contribution in [1.29, 1.82) is 0 Å². The second-order valence-electron chi connectivity index (χ2n) is 9.49. The van der Waals surface area contributed by atoms with E-state index < -0.39 is 28.1 Å². The van der Waals surface area contributed by atoms with Gasteiger partial charge in [-0.25, -0.2) is 8.42 Å². The lowest BCUT2D eigenvalue weighted by atomic mass is 10.1. The molecule has 0 heterocycles. The number of carbonyl (C=O) groups excluding carboxylic acids is 2. The molecular formula is C32H31ClN2O5S. The van der Waals surface area contributed by atoms with Crippen molar-refractivity contribution in [3.05, 3.63) is 119 Å². The minimum absolute atomic E-state index is 0.00844. The van der Waals surface area contributed by atoms with Crippen molar-refractivity contribution in [2.24, 2.45) is 0 Å². The summed E-state index contributed by atoms with van der Waals surface area (Å²) in [5.74, 6) is -0.625. The summed E-state index contributed by atoms with van der Waals surface area (Å²) < 4.78 is 34.2. The van der Waals surface area contributed by atoms with Gasteiger partial charge >= 0.3 is 0 Å². The Morgan fingerprint density at radius 1 is 0.902 bits per heavy atom. The third kappa shape index (κ3) is 7.54. The lowest BCUT2D eigenvalue weighted by Gasteiger charge is -2.25. The zero-order valence-electron chi connectivity index (χ0n) is 22.8. The molecule has 0 fully saturated rings. The van der Waals surface area contributed by atoms with Gasteiger partial charge in [0.1, 0.15) is 5.75 Å². The van der Waals surface area contributed by atoms with E-state index in [2.05, 4.69) is 5.32 Å². The number of Topliss-reactive ketones (excluding diaryl/α,β-unsaturated/α-hetero) is 1. The third-order valence-electron chi connectivity index (χ3n) is 6.52. The molecule has 212 valence electrons. The molecule has 0 radical (unpaired) electrons. The molecule has 0 atom stereocenters. The second kappa shape index (κ2) is 13.5. The Labute approximate surface area is 245 Å². The Morgan fingerprint density at radius 3 is 2.27 bits per heavy atom. The fraction of sp³-hybridized carbons (Fsp3) is 0.188. The van der Waals surface area contributed by atoms with Crippen LogP contribution in [0.4, 0.5) is 11.4 Å². The lowest BCUT2D eigenvalue weighted by Crippen LogP contribution is -2.32. The summed E-state index contributed by atoms with van der Waals surface area (Å²) in [5, 5.41) is 2.64. The number of sulfonamides is 1. The predicted molar refractivity (Wildman–Crippen MR) is 162 cm³/mol. The summed E-state index contributed by atoms with van der Waals surface area (Å²) >= 11 is 6.43. The van der Waals surface area contributed by atoms with E-state index in [0.29, 0.717) is 23.4 Å². The SMILES string of the molecule is COc1ccccc1C(=O)CC(=O)Nc1ccc(S(=O)(=O)N(CCCc2ccccc2)c2ccc(C)cc2)cc1Cl. The summed E-state index contributed by atoms with van der Waals surface area (Å²) in [4.78, 5) is 25.3. The van der Waals surface area contributed by atoms with Crippen LogP contribution in [0.3, 0.4) is 0 Å². The van der Waals surface area contributed by atoms with Crippen molar-refractivity contribution in [2.45, 2.75) is 31.1 Å². The topological polar surface area (TPSA) is 92.8 Å². The number of para-hydroxylation sites is 1. The van der Waals surface area contributed by atoms with Gasteiger partial charge in [0, 0.05) is 6.54 Å². The molecule has 41 heavy (non-hydrogen) atoms. The number of ketones is 1. The molecule has 0 aromatic heterocycles. The van der Waals surface area contributed by atoms with E-state index >= 15 is 0 Å². The Morgan fingerprint density at radius 2 is 1.59 bits per heavy atom. The lowest BCUT2D eigenvalue weighted by molar-refractivity contribution is -0.115. The number of aryl methyl sites for hydroxylation is 2. The van der Waals surface area contributed by atoms with Crippen LogP contribution in [0.1, 0.15) is 34.3 Å². The van der Waals surface area contributed by atoms with Gasteiger partial charge in [-0.05, 0) is 67.8 Å². The quantitative estimate of drug-likeness (QED) is 0.146. The highest BCUT2D eigenvalue weighted by atomic mass is 35.5. The number of hydrogen-bond donors (Lipinski definition) is 1. The number of halogens is 1. The van der Waals surface area contributed by atoms with Crippen molar-refractivity contribution < 1.29 is 22.7 Å². The van der Waals surface area contributed by atoms with E-state index in [1.807, 2.05) is 49.4 Å². The van der Waals surface area contributed by atoms with Crippen LogP contribution in [-0.2, 0) is 21.2 Å². The Hall–Kier alpha value is -4.14. The van der Waals surface area contributed by atoms with Gasteiger partial charge in [0.15, 0.2) is 5.78 Å². The highest BCUT2D eigenvalue weighted by molar-refractivity contribution is 7.92. The molecule has 0 aliphatic carbocycles. The molecule has 0 saturated carbocycles. The van der Waals surface area contributed by atoms with E-state index in [9.17, 15) is 18.0 Å². The van der Waals surface area contributed by atoms with E-state index in [0.717, 1.165) is 17.5 Å². The maximum atomic E-state index is 13.8. The van der Waals surface area contributed by atoms with Crippen LogP contribution >= 0.6 is 11.6 Å². The van der Waals surface area contributed by atoms with E-state index in [-0.39, 0.29) is 22.2 Å². The van der Waals surface area contributed by atoms with Crippen LogP contribution in [-0.4, -0.2) is 33.8 Å². The molecule has 4 aromatic rings. The minimum Gasteiger partial charge on any atom is -0.496 e. The third-order valence-corrected chi connectivity index (χ3v) is 8.66. The predicted octanol–water partition coefficient (Wildman–Crippen LogP) is 6.70. The van der Waals surface area contributed by atoms with Gasteiger partial charge in [-0.2, -0.15) is 0 Å². The highest BCUT2D eigenvalue weighted by Crippen LogP contribution is 2.30. The standard InChI is InChI=1S/C32H31ClN2O5S/c1-23-14-16-25(17-15-23)35(20-8-11-24-9-4-3-5-10-24)41(38,39)26-18-19-29(28(33)21-26)34-32(37)22-30(36)27-12-6-7-13-31(27)40-2/h3-7,9-10,12-19,21H,8,11,20,22H2,1-2H3,(H,34,37). The van der Waals surface area contributed by atoms with E-state index in [4.69, 9.17) is 16.3 Å². The molecule has 7 nitrogen and oxygen atoms in total. The van der Waals surface area contributed by atoms with Crippen LogP contribution in [0, 0.1) is 6.92 Å². The monoisotopic (exact) mass is 590 g/mol. The Balaban J connectivity index is 1.51. The van der Waals surface area contributed by atoms with Gasteiger partial charge in [-0.1, -0.05) is 71.8 Å². The number of ether oxygens (including phenoxy) is 1. The number of anilines is 2. The van der Waals surface area contributed by atoms with Crippen molar-refractivity contribution in [3.8, 4) is 5.75 Å². The van der Waals surface area contributed by atoms with Crippen LogP contribution in [0.15, 0.2) is 102 Å². The molecular weight excluding hydrogens is 560 g/mol. The van der Waals surface area contributed by atoms with Crippen LogP contribution in [0.2, 0.25) is 5.02 Å². The largest absolute Gasteiger partial charge is 0.496 e. The number of carbonyl (C=O) groups is 2. The normalized spacial score (nSPS) is 11.1. The summed E-state index contributed by atoms with van der Waals surface area (Å²) in [5.41, 5.74) is 3.19. The van der Waals surface area contributed by atoms with Crippen LogP contribution in [0.25, 0.3) is 0 Å². The zero-order chi connectivity index (χ0) is 29.4. The molecule has 0 bridgehead atoms. The van der Waals surface area contributed by atoms with Crippen molar-refractivity contribution in [2.75, 3.05) is 23.3 Å². The van der Waals surface area contributed by atoms with Crippen molar-refractivity contribution in [3.63, 3.8) is 0 Å². The Kier molecular flexibility index (Phi) is 9.81. The van der Waals surface area contributed by atoms with Crippen LogP contribution < -0.4 is 14.4 Å². The van der Waals surface area contributed by atoms with Gasteiger partial charge in [0.05, 0.1) is 40.4 Å². The number of methoxy groups -OCH3 is 1. The second-order valence-corrected chi connectivity index (χ2v) is 11.8. The summed E-state index contributed by atoms with van der Waals surface area (Å²) in [7, 11) is -2.53. The molecule has 1 N–H and O–H groups in total. The number of amides is 1. The molecule has 0 spiro atoms. The van der Waals surface area contributed by atoms with Gasteiger partial charge in [-0.15, -0.1) is 0 Å². The maximum absolute atomic E-state index is 13.8. The summed E-state index contributed by atoms with van der Waals surface area (Å²) in [6, 6.07) is 28.0. The fourth-order valence-corrected chi connectivity index (χ4v) is 6.19. The molecule has 0 aliphatic heterocycles. The summed E-state index contributed by atoms with van der Waals surface area (Å²) in [6.07, 6.45) is 0.899. The maximum Gasteiger partial charge on any atom is 0.264 e. The molecule has 4 rings (SSSR count). The fourth-order valence-electron chi connectivity index (χ4n) is 4.37. The molecule has 9 heteroatoms. The molecule has 0 unspecified atom stereocenters. The van der Waals surface area contributed by atoms with Crippen molar-refractivity contribution >= 4 is 44.7 Å². The van der Waals surface area contributed by atoms with Crippen LogP contribution in [0.5, 0.6) is 5.75 Å². The first-order valence-electron chi connectivity index (χ1n) is 13.1. The highest BCUT2D eigenvalue weighted by Gasteiger charge is 2.26. The first kappa shape index (κ1) is 29.8. The van der Waals surface area contributed by atoms with Gasteiger partial charge < -0.3 is 10.1 Å². The van der Waals surface area contributed by atoms with E-state index in [1.165, 1.54) is 29.6 Å². The molecule has 1 amide bonds.